The molecule has 0 saturated carbocycles. The first-order valence-corrected chi connectivity index (χ1v) is 11.8. The first kappa shape index (κ1) is 22.0. The summed E-state index contributed by atoms with van der Waals surface area (Å²) in [6.07, 6.45) is 0.843. The molecule has 34 heavy (non-hydrogen) atoms. The number of imide groups is 1. The van der Waals surface area contributed by atoms with E-state index in [2.05, 4.69) is 17.0 Å². The molecule has 2 aliphatic rings. The van der Waals surface area contributed by atoms with Crippen LogP contribution in [0.1, 0.15) is 34.7 Å². The number of hydrogen-bond donors (Lipinski definition) is 0. The van der Waals surface area contributed by atoms with E-state index in [0.717, 1.165) is 28.9 Å². The van der Waals surface area contributed by atoms with Crippen molar-refractivity contribution in [2.45, 2.75) is 33.4 Å². The molecule has 3 aromatic carbocycles. The minimum Gasteiger partial charge on any atom is -0.494 e. The Bertz CT molecular complexity index is 1260. The van der Waals surface area contributed by atoms with Crippen molar-refractivity contribution in [1.82, 2.24) is 9.80 Å². The average Bonchev–Trinajstić information content (AvgIpc) is 3.10. The highest BCUT2D eigenvalue weighted by Gasteiger charge is 2.42. The Morgan fingerprint density at radius 3 is 2.26 bits per heavy atom. The molecule has 5 heteroatoms. The lowest BCUT2D eigenvalue weighted by molar-refractivity contribution is -0.138. The van der Waals surface area contributed by atoms with Crippen molar-refractivity contribution < 1.29 is 14.3 Å². The molecule has 0 aromatic heterocycles. The molecule has 0 atom stereocenters. The third-order valence-electron chi connectivity index (χ3n) is 6.51. The minimum atomic E-state index is -0.247. The summed E-state index contributed by atoms with van der Waals surface area (Å²) >= 11 is 0. The SMILES string of the molecule is CCOc1ccc(C2=C(N3CCc4ccccc4C3)C(=O)N(Cc3ccc(C)cc3)C2=O)cc1. The van der Waals surface area contributed by atoms with Gasteiger partial charge < -0.3 is 9.64 Å². The fourth-order valence-electron chi connectivity index (χ4n) is 4.71. The lowest BCUT2D eigenvalue weighted by Gasteiger charge is -2.31. The van der Waals surface area contributed by atoms with Gasteiger partial charge in [-0.2, -0.15) is 0 Å². The number of nitrogens with zero attached hydrogens (tertiary/aromatic N) is 2. The Labute approximate surface area is 200 Å². The number of carbonyl (C=O) groups excluding carboxylic acids is 2. The summed E-state index contributed by atoms with van der Waals surface area (Å²) in [4.78, 5) is 30.9. The second kappa shape index (κ2) is 9.18. The number of carbonyl (C=O) groups is 2. The lowest BCUT2D eigenvalue weighted by atomic mass is 9.98. The zero-order chi connectivity index (χ0) is 23.7. The van der Waals surface area contributed by atoms with Gasteiger partial charge in [0.1, 0.15) is 11.4 Å². The number of aryl methyl sites for hydroxylation is 1. The Hall–Kier alpha value is -3.86. The second-order valence-electron chi connectivity index (χ2n) is 8.80. The lowest BCUT2D eigenvalue weighted by Crippen LogP contribution is -2.37. The number of rotatable bonds is 6. The van der Waals surface area contributed by atoms with Crippen molar-refractivity contribution in [3.8, 4) is 5.75 Å². The fraction of sp³-hybridized carbons (Fsp3) is 0.241. The smallest absolute Gasteiger partial charge is 0.278 e. The van der Waals surface area contributed by atoms with Gasteiger partial charge in [0.05, 0.1) is 18.7 Å². The summed E-state index contributed by atoms with van der Waals surface area (Å²) < 4.78 is 5.57. The monoisotopic (exact) mass is 452 g/mol. The molecule has 0 fully saturated rings. The first-order valence-electron chi connectivity index (χ1n) is 11.8. The number of amides is 2. The summed E-state index contributed by atoms with van der Waals surface area (Å²) in [5.41, 5.74) is 6.28. The zero-order valence-corrected chi connectivity index (χ0v) is 19.6. The van der Waals surface area contributed by atoms with Crippen LogP contribution in [0.15, 0.2) is 78.5 Å². The fourth-order valence-corrected chi connectivity index (χ4v) is 4.71. The van der Waals surface area contributed by atoms with Gasteiger partial charge in [-0.1, -0.05) is 66.2 Å². The Balaban J connectivity index is 1.53. The highest BCUT2D eigenvalue weighted by molar-refractivity contribution is 6.35. The standard InChI is InChI=1S/C29H28N2O3/c1-3-34-25-14-12-23(13-15-25)26-27(30-17-16-22-6-4-5-7-24(22)19-30)29(33)31(28(26)32)18-21-10-8-20(2)9-11-21/h4-15H,3,16-19H2,1-2H3. The summed E-state index contributed by atoms with van der Waals surface area (Å²) in [6.45, 7) is 6.10. The van der Waals surface area contributed by atoms with Crippen molar-refractivity contribution in [3.63, 3.8) is 0 Å². The van der Waals surface area contributed by atoms with E-state index in [1.807, 2.05) is 74.5 Å². The summed E-state index contributed by atoms with van der Waals surface area (Å²) in [7, 11) is 0. The topological polar surface area (TPSA) is 49.9 Å². The van der Waals surface area contributed by atoms with Gasteiger partial charge in [-0.15, -0.1) is 0 Å². The van der Waals surface area contributed by atoms with Crippen molar-refractivity contribution >= 4 is 17.4 Å². The van der Waals surface area contributed by atoms with Crippen LogP contribution in [-0.2, 0) is 29.1 Å². The predicted molar refractivity (Wildman–Crippen MR) is 132 cm³/mol. The van der Waals surface area contributed by atoms with Crippen LogP contribution >= 0.6 is 0 Å². The molecule has 0 unspecified atom stereocenters. The van der Waals surface area contributed by atoms with Gasteiger partial charge in [-0.25, -0.2) is 0 Å². The average molecular weight is 453 g/mol. The molecule has 0 saturated heterocycles. The molecule has 2 heterocycles. The van der Waals surface area contributed by atoms with Crippen molar-refractivity contribution in [2.75, 3.05) is 13.2 Å². The van der Waals surface area contributed by atoms with E-state index in [4.69, 9.17) is 4.74 Å². The van der Waals surface area contributed by atoms with E-state index in [-0.39, 0.29) is 18.4 Å². The summed E-state index contributed by atoms with van der Waals surface area (Å²) in [5, 5.41) is 0. The third-order valence-corrected chi connectivity index (χ3v) is 6.51. The van der Waals surface area contributed by atoms with Crippen LogP contribution in [0, 0.1) is 6.92 Å². The molecule has 0 radical (unpaired) electrons. The predicted octanol–water partition coefficient (Wildman–Crippen LogP) is 4.73. The minimum absolute atomic E-state index is 0.228. The maximum absolute atomic E-state index is 13.7. The molecular formula is C29H28N2O3. The van der Waals surface area contributed by atoms with Crippen molar-refractivity contribution in [3.05, 3.63) is 106 Å². The highest BCUT2D eigenvalue weighted by atomic mass is 16.5. The third kappa shape index (κ3) is 4.10. The Kier molecular flexibility index (Phi) is 5.93. The molecular weight excluding hydrogens is 424 g/mol. The molecule has 0 N–H and O–H groups in total. The van der Waals surface area contributed by atoms with E-state index in [0.29, 0.717) is 31.0 Å². The van der Waals surface area contributed by atoms with E-state index in [9.17, 15) is 9.59 Å². The molecule has 5 rings (SSSR count). The van der Waals surface area contributed by atoms with Crippen LogP contribution in [0.2, 0.25) is 0 Å². The van der Waals surface area contributed by atoms with Crippen LogP contribution in [0.5, 0.6) is 5.75 Å². The molecule has 172 valence electrons. The maximum Gasteiger partial charge on any atom is 0.278 e. The van der Waals surface area contributed by atoms with E-state index < -0.39 is 0 Å². The molecule has 0 bridgehead atoms. The summed E-state index contributed by atoms with van der Waals surface area (Å²) in [5.74, 6) is 0.269. The van der Waals surface area contributed by atoms with Gasteiger partial charge in [-0.3, -0.25) is 14.5 Å². The quantitative estimate of drug-likeness (QED) is 0.508. The second-order valence-corrected chi connectivity index (χ2v) is 8.80. The zero-order valence-electron chi connectivity index (χ0n) is 19.6. The molecule has 2 amide bonds. The molecule has 0 aliphatic carbocycles. The van der Waals surface area contributed by atoms with Crippen molar-refractivity contribution in [2.24, 2.45) is 0 Å². The largest absolute Gasteiger partial charge is 0.494 e. The van der Waals surface area contributed by atoms with Crippen molar-refractivity contribution in [1.29, 1.82) is 0 Å². The molecule has 2 aliphatic heterocycles. The van der Waals surface area contributed by atoms with E-state index in [1.165, 1.54) is 16.0 Å². The number of hydrogen-bond acceptors (Lipinski definition) is 4. The highest BCUT2D eigenvalue weighted by Crippen LogP contribution is 2.35. The van der Waals surface area contributed by atoms with Crippen LogP contribution in [0.3, 0.4) is 0 Å². The maximum atomic E-state index is 13.7. The summed E-state index contributed by atoms with van der Waals surface area (Å²) in [6, 6.07) is 23.7. The van der Waals surface area contributed by atoms with Crippen LogP contribution in [0.25, 0.3) is 5.57 Å². The Morgan fingerprint density at radius 1 is 0.853 bits per heavy atom. The molecule has 0 spiro atoms. The van der Waals surface area contributed by atoms with Gasteiger partial charge in [0, 0.05) is 13.1 Å². The van der Waals surface area contributed by atoms with E-state index >= 15 is 0 Å². The van der Waals surface area contributed by atoms with Gasteiger partial charge in [0.25, 0.3) is 11.8 Å². The Morgan fingerprint density at radius 2 is 1.56 bits per heavy atom. The van der Waals surface area contributed by atoms with Crippen LogP contribution in [-0.4, -0.2) is 34.8 Å². The van der Waals surface area contributed by atoms with Gasteiger partial charge >= 0.3 is 0 Å². The molecule has 3 aromatic rings. The van der Waals surface area contributed by atoms with E-state index in [1.54, 1.807) is 0 Å². The first-order chi connectivity index (χ1) is 16.5. The number of ether oxygens (including phenoxy) is 1. The number of fused-ring (bicyclic) bond motifs is 1. The molecule has 5 nitrogen and oxygen atoms in total. The number of benzene rings is 3. The van der Waals surface area contributed by atoms with Gasteiger partial charge in [0.2, 0.25) is 0 Å². The van der Waals surface area contributed by atoms with Gasteiger partial charge in [-0.05, 0) is 54.7 Å². The van der Waals surface area contributed by atoms with Crippen LogP contribution in [0.4, 0.5) is 0 Å². The van der Waals surface area contributed by atoms with Crippen LogP contribution < -0.4 is 4.74 Å². The normalized spacial score (nSPS) is 15.7. The van der Waals surface area contributed by atoms with Gasteiger partial charge in [0.15, 0.2) is 0 Å².